The molecule has 1 aromatic rings. The predicted molar refractivity (Wildman–Crippen MR) is 79.1 cm³/mol. The fourth-order valence-corrected chi connectivity index (χ4v) is 0.819. The van der Waals surface area contributed by atoms with Crippen molar-refractivity contribution < 1.29 is 116 Å². The van der Waals surface area contributed by atoms with Crippen LogP contribution in [0.5, 0.6) is 0 Å². The summed E-state index contributed by atoms with van der Waals surface area (Å²) >= 11 is 0. The van der Waals surface area contributed by atoms with Gasteiger partial charge in [0.25, 0.3) is 0 Å². The molecule has 7 nitrogen and oxygen atoms in total. The van der Waals surface area contributed by atoms with Crippen molar-refractivity contribution in [3.63, 3.8) is 0 Å². The molecule has 1 unspecified atom stereocenters. The number of aliphatic hydroxyl groups excluding tert-OH is 1. The van der Waals surface area contributed by atoms with E-state index in [0.29, 0.717) is 0 Å². The van der Waals surface area contributed by atoms with Gasteiger partial charge in [-0.25, -0.2) is 4.79 Å². The Morgan fingerprint density at radius 2 is 1.52 bits per heavy atom. The first kappa shape index (κ1) is 32.4. The summed E-state index contributed by atoms with van der Waals surface area (Å²) in [5, 5.41) is 35.5. The average Bonchev–Trinajstić information content (AvgIpc) is 2.49. The minimum Gasteiger partial charge on any atom is -0.545 e. The van der Waals surface area contributed by atoms with Gasteiger partial charge in [-0.2, -0.15) is 0 Å². The molecule has 1 aromatic carbocycles. The van der Waals surface area contributed by atoms with Crippen LogP contribution in [0.4, 0.5) is 0 Å². The van der Waals surface area contributed by atoms with E-state index in [2.05, 4.69) is 0 Å². The summed E-state index contributed by atoms with van der Waals surface area (Å²) < 4.78 is 0. The van der Waals surface area contributed by atoms with E-state index >= 15 is 0 Å². The molecule has 1 atom stereocenters. The Balaban J connectivity index is -0.000000130. The maximum absolute atomic E-state index is 10.1. The third kappa shape index (κ3) is 26.1. The van der Waals surface area contributed by atoms with Crippen LogP contribution < -0.4 is 91.2 Å². The standard InChI is InChI=1S/C7H6O2.C6H8O2.C3H6O3.K.Na/c8-7(9)6-4-2-1-3-5-6;1-2-3-4-5-6(7)8;1-2(4)3(5)6;;/h1-5H,(H,8,9);2-5H,1H3,(H,7,8);2,4H,1H3,(H,5,6);;/q;;;2*+1/p-2/b;3-2+,5-4+;;;. The minimum atomic E-state index is -1.23. The van der Waals surface area contributed by atoms with Gasteiger partial charge >= 0.3 is 86.9 Å². The normalized spacial score (nSPS) is 10.0. The van der Waals surface area contributed by atoms with Gasteiger partial charge in [-0.15, -0.1) is 0 Å². The number of carboxylic acids is 3. The number of allylic oxidation sites excluding steroid dienone is 3. The molecule has 9 heteroatoms. The van der Waals surface area contributed by atoms with E-state index in [1.807, 2.05) is 0 Å². The second-order valence-electron chi connectivity index (χ2n) is 3.87. The number of rotatable bonds is 4. The van der Waals surface area contributed by atoms with Crippen LogP contribution >= 0.6 is 0 Å². The Bertz CT molecular complexity index is 543. The van der Waals surface area contributed by atoms with Crippen LogP contribution in [0.1, 0.15) is 24.2 Å². The number of aliphatic hydroxyl groups is 1. The molecule has 0 radical (unpaired) electrons. The summed E-state index contributed by atoms with van der Waals surface area (Å²) in [6.07, 6.45) is 4.51. The van der Waals surface area contributed by atoms with Crippen molar-refractivity contribution in [1.29, 1.82) is 0 Å². The van der Waals surface area contributed by atoms with Crippen molar-refractivity contribution in [3.8, 4) is 0 Å². The SMILES string of the molecule is C/C=C/C=C/C(=O)[O-].CC(O)C(=O)O.O=C([O-])c1ccccc1.[K+].[Na+]. The number of hydrogen-bond acceptors (Lipinski definition) is 6. The van der Waals surface area contributed by atoms with Crippen molar-refractivity contribution in [3.05, 3.63) is 60.2 Å². The van der Waals surface area contributed by atoms with E-state index in [0.717, 1.165) is 6.08 Å². The second kappa shape index (κ2) is 21.7. The number of carbonyl (C=O) groups is 3. The van der Waals surface area contributed by atoms with Crippen molar-refractivity contribution in [2.45, 2.75) is 20.0 Å². The van der Waals surface area contributed by atoms with Crippen LogP contribution in [0, 0.1) is 0 Å². The van der Waals surface area contributed by atoms with Gasteiger partial charge in [0.1, 0.15) is 6.10 Å². The molecule has 1 rings (SSSR count). The zero-order valence-corrected chi connectivity index (χ0v) is 19.8. The first-order valence-corrected chi connectivity index (χ1v) is 6.40. The second-order valence-corrected chi connectivity index (χ2v) is 3.87. The van der Waals surface area contributed by atoms with Crippen LogP contribution in [0.3, 0.4) is 0 Å². The Morgan fingerprint density at radius 1 is 1.08 bits per heavy atom. The summed E-state index contributed by atoms with van der Waals surface area (Å²) in [6, 6.07) is 8.06. The predicted octanol–water partition coefficient (Wildman–Crippen LogP) is -6.62. The van der Waals surface area contributed by atoms with Gasteiger partial charge in [-0.3, -0.25) is 0 Å². The van der Waals surface area contributed by atoms with E-state index in [4.69, 9.17) is 10.2 Å². The van der Waals surface area contributed by atoms with E-state index in [9.17, 15) is 24.6 Å². The van der Waals surface area contributed by atoms with E-state index in [-0.39, 0.29) is 86.5 Å². The molecule has 0 amide bonds. The van der Waals surface area contributed by atoms with Gasteiger partial charge in [-0.1, -0.05) is 48.6 Å². The molecule has 0 aliphatic rings. The number of benzene rings is 1. The van der Waals surface area contributed by atoms with Crippen molar-refractivity contribution >= 4 is 17.9 Å². The molecule has 0 saturated heterocycles. The van der Waals surface area contributed by atoms with Crippen LogP contribution in [0.15, 0.2) is 54.6 Å². The largest absolute Gasteiger partial charge is 1.00 e. The maximum Gasteiger partial charge on any atom is 1.00 e. The minimum absolute atomic E-state index is 0. The summed E-state index contributed by atoms with van der Waals surface area (Å²) in [7, 11) is 0. The Hall–Kier alpha value is -0.294. The fraction of sp³-hybridized carbons (Fsp3) is 0.188. The monoisotopic (exact) mass is 384 g/mol. The van der Waals surface area contributed by atoms with Crippen molar-refractivity contribution in [1.82, 2.24) is 0 Å². The first-order valence-electron chi connectivity index (χ1n) is 6.40. The van der Waals surface area contributed by atoms with Gasteiger partial charge in [0, 0.05) is 0 Å². The molecule has 2 N–H and O–H groups in total. The molecule has 0 spiro atoms. The molecule has 0 fully saturated rings. The smallest absolute Gasteiger partial charge is 0.545 e. The number of aliphatic carboxylic acids is 2. The Labute approximate surface area is 211 Å². The molecule has 0 aliphatic heterocycles. The van der Waals surface area contributed by atoms with E-state index < -0.39 is 24.0 Å². The van der Waals surface area contributed by atoms with Gasteiger partial charge < -0.3 is 30.0 Å². The van der Waals surface area contributed by atoms with Crippen LogP contribution in [-0.2, 0) is 9.59 Å². The maximum atomic E-state index is 10.1. The summed E-state index contributed by atoms with van der Waals surface area (Å²) in [6.45, 7) is 3.00. The third-order valence-corrected chi connectivity index (χ3v) is 1.90. The average molecular weight is 384 g/mol. The van der Waals surface area contributed by atoms with Gasteiger partial charge in [0.2, 0.25) is 0 Å². The van der Waals surface area contributed by atoms with Crippen LogP contribution in [-0.4, -0.2) is 34.2 Å². The van der Waals surface area contributed by atoms with Crippen molar-refractivity contribution in [2.24, 2.45) is 0 Å². The molecule has 0 aromatic heterocycles. The van der Waals surface area contributed by atoms with Crippen molar-refractivity contribution in [2.75, 3.05) is 0 Å². The number of aromatic carboxylic acids is 1. The molecular formula is C16H18KNaO7. The zero-order chi connectivity index (χ0) is 18.3. The van der Waals surface area contributed by atoms with Gasteiger partial charge in [-0.05, 0) is 25.5 Å². The van der Waals surface area contributed by atoms with E-state index in [1.54, 1.807) is 37.3 Å². The zero-order valence-electron chi connectivity index (χ0n) is 14.7. The third-order valence-electron chi connectivity index (χ3n) is 1.90. The molecule has 126 valence electrons. The quantitative estimate of drug-likeness (QED) is 0.299. The van der Waals surface area contributed by atoms with E-state index in [1.165, 1.54) is 25.1 Å². The van der Waals surface area contributed by atoms with Crippen LogP contribution in [0.2, 0.25) is 0 Å². The fourth-order valence-electron chi connectivity index (χ4n) is 0.819. The number of carboxylic acid groups (broad SMARTS) is 3. The Morgan fingerprint density at radius 3 is 1.76 bits per heavy atom. The van der Waals surface area contributed by atoms with Crippen LogP contribution in [0.25, 0.3) is 0 Å². The number of hydrogen-bond donors (Lipinski definition) is 2. The molecule has 25 heavy (non-hydrogen) atoms. The molecule has 0 heterocycles. The Kier molecular flexibility index (Phi) is 28.2. The summed E-state index contributed by atoms with van der Waals surface area (Å²) in [4.78, 5) is 29.2. The van der Waals surface area contributed by atoms with Gasteiger partial charge in [0.15, 0.2) is 0 Å². The first-order chi connectivity index (χ1) is 10.7. The van der Waals surface area contributed by atoms with Gasteiger partial charge in [0.05, 0.1) is 11.9 Å². The topological polar surface area (TPSA) is 138 Å². The molecular weight excluding hydrogens is 366 g/mol. The molecule has 0 aliphatic carbocycles. The summed E-state index contributed by atoms with van der Waals surface area (Å²) in [5.41, 5.74) is 0.220. The molecule has 0 bridgehead atoms. The number of carbonyl (C=O) groups excluding carboxylic acids is 2. The molecule has 0 saturated carbocycles. The summed E-state index contributed by atoms with van der Waals surface area (Å²) in [5.74, 6) is -3.48.